The van der Waals surface area contributed by atoms with E-state index in [1.54, 1.807) is 12.1 Å². The minimum atomic E-state index is -1.02. The smallest absolute Gasteiger partial charge is 0.338 e. The maximum atomic E-state index is 13.2. The molecule has 2 aromatic rings. The van der Waals surface area contributed by atoms with Crippen LogP contribution in [0.2, 0.25) is 0 Å². The number of nitrogens with one attached hydrogen (secondary N) is 1. The zero-order chi connectivity index (χ0) is 18.4. The van der Waals surface area contributed by atoms with Crippen LogP contribution in [-0.4, -0.2) is 30.5 Å². The molecule has 0 spiro atoms. The topological polar surface area (TPSA) is 108 Å². The molecule has 25 heavy (non-hydrogen) atoms. The summed E-state index contributed by atoms with van der Waals surface area (Å²) < 4.78 is 23.0. The van der Waals surface area contributed by atoms with Crippen molar-refractivity contribution in [1.29, 1.82) is 0 Å². The molecule has 2 aromatic carbocycles. The fourth-order valence-corrected chi connectivity index (χ4v) is 1.87. The number of nitro benzene ring substituents is 1. The van der Waals surface area contributed by atoms with E-state index < -0.39 is 34.9 Å². The van der Waals surface area contributed by atoms with Crippen LogP contribution < -0.4 is 10.1 Å². The van der Waals surface area contributed by atoms with E-state index in [1.807, 2.05) is 0 Å². The van der Waals surface area contributed by atoms with Crippen molar-refractivity contribution < 1.29 is 28.4 Å². The van der Waals surface area contributed by atoms with Gasteiger partial charge in [-0.15, -0.1) is 0 Å². The molecule has 0 saturated carbocycles. The highest BCUT2D eigenvalue weighted by atomic mass is 19.1. The van der Waals surface area contributed by atoms with E-state index in [0.29, 0.717) is 5.75 Å². The minimum absolute atomic E-state index is 0.0126. The Morgan fingerprint density at radius 3 is 2.48 bits per heavy atom. The Morgan fingerprint density at radius 2 is 1.88 bits per heavy atom. The van der Waals surface area contributed by atoms with Gasteiger partial charge in [-0.05, 0) is 36.4 Å². The molecule has 0 radical (unpaired) electrons. The van der Waals surface area contributed by atoms with Gasteiger partial charge >= 0.3 is 11.7 Å². The second-order valence-electron chi connectivity index (χ2n) is 4.78. The monoisotopic (exact) mass is 348 g/mol. The van der Waals surface area contributed by atoms with Gasteiger partial charge in [0.2, 0.25) is 5.82 Å². The molecule has 0 aliphatic heterocycles. The lowest BCUT2D eigenvalue weighted by Gasteiger charge is -2.07. The fraction of sp³-hybridized carbons (Fsp3) is 0.125. The molecule has 1 N–H and O–H groups in total. The van der Waals surface area contributed by atoms with E-state index in [4.69, 9.17) is 9.47 Å². The average Bonchev–Trinajstić information content (AvgIpc) is 2.61. The Hall–Kier alpha value is -3.49. The Bertz CT molecular complexity index is 807. The van der Waals surface area contributed by atoms with Gasteiger partial charge in [0.15, 0.2) is 6.61 Å². The Labute approximate surface area is 141 Å². The van der Waals surface area contributed by atoms with E-state index in [2.05, 4.69) is 5.32 Å². The number of ether oxygens (including phenoxy) is 2. The van der Waals surface area contributed by atoms with Gasteiger partial charge in [-0.25, -0.2) is 4.79 Å². The summed E-state index contributed by atoms with van der Waals surface area (Å²) in [5.41, 5.74) is -0.530. The second-order valence-corrected chi connectivity index (χ2v) is 4.78. The number of benzene rings is 2. The van der Waals surface area contributed by atoms with Crippen molar-refractivity contribution in [2.75, 3.05) is 19.0 Å². The van der Waals surface area contributed by atoms with Crippen molar-refractivity contribution in [1.82, 2.24) is 0 Å². The van der Waals surface area contributed by atoms with Crippen LogP contribution in [0.25, 0.3) is 0 Å². The van der Waals surface area contributed by atoms with E-state index in [-0.39, 0.29) is 11.3 Å². The number of carbonyl (C=O) groups is 2. The molecule has 0 atom stereocenters. The molecule has 0 fully saturated rings. The number of amides is 1. The summed E-state index contributed by atoms with van der Waals surface area (Å²) in [5, 5.41) is 12.9. The third kappa shape index (κ3) is 4.74. The summed E-state index contributed by atoms with van der Waals surface area (Å²) in [4.78, 5) is 33.3. The maximum Gasteiger partial charge on any atom is 0.338 e. The van der Waals surface area contributed by atoms with Crippen molar-refractivity contribution in [2.45, 2.75) is 0 Å². The molecule has 0 aromatic heterocycles. The average molecular weight is 348 g/mol. The van der Waals surface area contributed by atoms with Crippen LogP contribution in [0, 0.1) is 15.9 Å². The summed E-state index contributed by atoms with van der Waals surface area (Å²) in [6.45, 7) is -0.601. The number of esters is 1. The number of hydrogen-bond acceptors (Lipinski definition) is 6. The molecule has 0 unspecified atom stereocenters. The van der Waals surface area contributed by atoms with Crippen molar-refractivity contribution in [2.24, 2.45) is 0 Å². The van der Waals surface area contributed by atoms with Crippen LogP contribution in [0.4, 0.5) is 15.8 Å². The molecule has 8 nitrogen and oxygen atoms in total. The van der Waals surface area contributed by atoms with Crippen LogP contribution >= 0.6 is 0 Å². The van der Waals surface area contributed by atoms with Gasteiger partial charge in [0.25, 0.3) is 5.91 Å². The van der Waals surface area contributed by atoms with E-state index in [9.17, 15) is 24.1 Å². The van der Waals surface area contributed by atoms with Crippen LogP contribution in [0.5, 0.6) is 5.75 Å². The van der Waals surface area contributed by atoms with Gasteiger partial charge in [0.05, 0.1) is 17.6 Å². The lowest BCUT2D eigenvalue weighted by Crippen LogP contribution is -2.21. The highest BCUT2D eigenvalue weighted by Crippen LogP contribution is 2.21. The predicted molar refractivity (Wildman–Crippen MR) is 85.0 cm³/mol. The van der Waals surface area contributed by atoms with Crippen LogP contribution in [0.15, 0.2) is 42.5 Å². The van der Waals surface area contributed by atoms with Gasteiger partial charge in [-0.1, -0.05) is 0 Å². The summed E-state index contributed by atoms with van der Waals surface area (Å²) in [6, 6.07) is 8.97. The molecule has 0 heterocycles. The van der Waals surface area contributed by atoms with Gasteiger partial charge in [-0.2, -0.15) is 4.39 Å². The first-order chi connectivity index (χ1) is 11.9. The normalized spacial score (nSPS) is 10.0. The number of nitrogens with zero attached hydrogens (tertiary/aromatic N) is 1. The molecule has 0 aliphatic rings. The number of hydrogen-bond donors (Lipinski definition) is 1. The summed E-state index contributed by atoms with van der Waals surface area (Å²) >= 11 is 0. The van der Waals surface area contributed by atoms with Crippen molar-refractivity contribution in [3.05, 3.63) is 64.0 Å². The molecule has 9 heteroatoms. The molecule has 0 bridgehead atoms. The van der Waals surface area contributed by atoms with Crippen LogP contribution in [0.3, 0.4) is 0 Å². The van der Waals surface area contributed by atoms with Crippen molar-refractivity contribution >= 4 is 23.3 Å². The predicted octanol–water partition coefficient (Wildman–Crippen LogP) is 2.54. The highest BCUT2D eigenvalue weighted by molar-refractivity contribution is 5.95. The van der Waals surface area contributed by atoms with E-state index >= 15 is 0 Å². The third-order valence-electron chi connectivity index (χ3n) is 3.09. The zero-order valence-electron chi connectivity index (χ0n) is 13.0. The van der Waals surface area contributed by atoms with Gasteiger partial charge in [0, 0.05) is 11.8 Å². The number of carbonyl (C=O) groups excluding carboxylic acids is 2. The standard InChI is InChI=1S/C16H13FN2O6/c1-24-12-5-2-10(3-6-12)16(21)25-9-15(20)18-11-4-7-13(17)14(8-11)19(22)23/h2-8H,9H2,1H3,(H,18,20). The Morgan fingerprint density at radius 1 is 1.20 bits per heavy atom. The molecule has 0 saturated heterocycles. The molecular weight excluding hydrogens is 335 g/mol. The lowest BCUT2D eigenvalue weighted by atomic mass is 10.2. The Balaban J connectivity index is 1.93. The highest BCUT2D eigenvalue weighted by Gasteiger charge is 2.16. The summed E-state index contributed by atoms with van der Waals surface area (Å²) in [5.74, 6) is -1.90. The lowest BCUT2D eigenvalue weighted by molar-refractivity contribution is -0.387. The SMILES string of the molecule is COc1ccc(C(=O)OCC(=O)Nc2ccc(F)c([N+](=O)[O-])c2)cc1. The molecule has 2 rings (SSSR count). The number of methoxy groups -OCH3 is 1. The van der Waals surface area contributed by atoms with Crippen LogP contribution in [-0.2, 0) is 9.53 Å². The van der Waals surface area contributed by atoms with Crippen molar-refractivity contribution in [3.8, 4) is 5.75 Å². The quantitative estimate of drug-likeness (QED) is 0.488. The largest absolute Gasteiger partial charge is 0.497 e. The second kappa shape index (κ2) is 7.86. The van der Waals surface area contributed by atoms with E-state index in [1.165, 1.54) is 19.2 Å². The third-order valence-corrected chi connectivity index (χ3v) is 3.09. The fourth-order valence-electron chi connectivity index (χ4n) is 1.87. The first kappa shape index (κ1) is 17.9. The number of rotatable bonds is 6. The maximum absolute atomic E-state index is 13.2. The molecule has 130 valence electrons. The molecular formula is C16H13FN2O6. The number of nitro groups is 1. The minimum Gasteiger partial charge on any atom is -0.497 e. The first-order valence-electron chi connectivity index (χ1n) is 6.95. The van der Waals surface area contributed by atoms with Gasteiger partial charge in [-0.3, -0.25) is 14.9 Å². The molecule has 0 aliphatic carbocycles. The summed E-state index contributed by atoms with van der Waals surface area (Å²) in [7, 11) is 1.48. The first-order valence-corrected chi connectivity index (χ1v) is 6.95. The van der Waals surface area contributed by atoms with Gasteiger partial charge in [0.1, 0.15) is 5.75 Å². The van der Waals surface area contributed by atoms with Crippen LogP contribution in [0.1, 0.15) is 10.4 Å². The number of anilines is 1. The van der Waals surface area contributed by atoms with Gasteiger partial charge < -0.3 is 14.8 Å². The molecule has 1 amide bonds. The van der Waals surface area contributed by atoms with E-state index in [0.717, 1.165) is 18.2 Å². The number of halogens is 1. The van der Waals surface area contributed by atoms with Crippen molar-refractivity contribution in [3.63, 3.8) is 0 Å². The zero-order valence-corrected chi connectivity index (χ0v) is 13.0. The summed E-state index contributed by atoms with van der Waals surface area (Å²) in [6.07, 6.45) is 0. The Kier molecular flexibility index (Phi) is 5.62.